The van der Waals surface area contributed by atoms with E-state index >= 15 is 0 Å². The van der Waals surface area contributed by atoms with E-state index < -0.39 is 11.9 Å². The molecular weight excluding hydrogens is 272 g/mol. The molecule has 5 nitrogen and oxygen atoms in total. The summed E-state index contributed by atoms with van der Waals surface area (Å²) in [4.78, 5) is 22.9. The zero-order valence-electron chi connectivity index (χ0n) is 11.2. The van der Waals surface area contributed by atoms with E-state index in [-0.39, 0.29) is 13.2 Å². The summed E-state index contributed by atoms with van der Waals surface area (Å²) in [5.41, 5.74) is 0.460. The van der Waals surface area contributed by atoms with Crippen molar-refractivity contribution in [1.29, 1.82) is 0 Å². The summed E-state index contributed by atoms with van der Waals surface area (Å²) in [5.74, 6) is -0.414. The van der Waals surface area contributed by atoms with Gasteiger partial charge < -0.3 is 13.9 Å². The maximum Gasteiger partial charge on any atom is 0.338 e. The Kier molecular flexibility index (Phi) is 5.34. The number of rotatable bonds is 6. The van der Waals surface area contributed by atoms with Crippen LogP contribution in [0, 0.1) is 0 Å². The Morgan fingerprint density at radius 1 is 1.00 bits per heavy atom. The predicted octanol–water partition coefficient (Wildman–Crippen LogP) is 2.69. The molecule has 2 aromatic rings. The van der Waals surface area contributed by atoms with E-state index in [2.05, 4.69) is 0 Å². The van der Waals surface area contributed by atoms with E-state index in [4.69, 9.17) is 13.9 Å². The van der Waals surface area contributed by atoms with Gasteiger partial charge in [0.2, 0.25) is 0 Å². The van der Waals surface area contributed by atoms with Gasteiger partial charge in [0.05, 0.1) is 11.8 Å². The van der Waals surface area contributed by atoms with Crippen LogP contribution in [0.2, 0.25) is 0 Å². The minimum Gasteiger partial charge on any atom is -0.465 e. The van der Waals surface area contributed by atoms with Crippen LogP contribution in [0.1, 0.15) is 16.1 Å². The van der Waals surface area contributed by atoms with Crippen LogP contribution in [0.5, 0.6) is 0 Å². The lowest BCUT2D eigenvalue weighted by molar-refractivity contribution is -0.138. The molecule has 0 radical (unpaired) electrons. The van der Waals surface area contributed by atoms with Crippen molar-refractivity contribution in [3.63, 3.8) is 0 Å². The fourth-order valence-corrected chi connectivity index (χ4v) is 1.52. The van der Waals surface area contributed by atoms with Crippen LogP contribution >= 0.6 is 0 Å². The SMILES string of the molecule is O=C(C=Cc1ccco1)OCCOC(=O)c1ccccc1. The molecule has 0 spiro atoms. The van der Waals surface area contributed by atoms with Crippen molar-refractivity contribution in [3.05, 3.63) is 66.1 Å². The lowest BCUT2D eigenvalue weighted by atomic mass is 10.2. The van der Waals surface area contributed by atoms with Crippen LogP contribution in [-0.2, 0) is 14.3 Å². The third-order valence-corrected chi connectivity index (χ3v) is 2.50. The number of esters is 2. The zero-order valence-corrected chi connectivity index (χ0v) is 11.2. The Hall–Kier alpha value is -2.82. The van der Waals surface area contributed by atoms with Gasteiger partial charge in [0, 0.05) is 6.08 Å². The number of carbonyl (C=O) groups excluding carboxylic acids is 2. The van der Waals surface area contributed by atoms with Crippen LogP contribution in [0.3, 0.4) is 0 Å². The molecule has 0 aliphatic carbocycles. The molecule has 0 unspecified atom stereocenters. The molecule has 0 aliphatic heterocycles. The molecule has 0 amide bonds. The van der Waals surface area contributed by atoms with Crippen molar-refractivity contribution in [2.45, 2.75) is 0 Å². The highest BCUT2D eigenvalue weighted by Crippen LogP contribution is 2.03. The van der Waals surface area contributed by atoms with E-state index in [1.165, 1.54) is 18.4 Å². The first-order chi connectivity index (χ1) is 10.3. The number of furan rings is 1. The standard InChI is InChI=1S/C16H14O5/c17-15(9-8-14-7-4-10-19-14)20-11-12-21-16(18)13-5-2-1-3-6-13/h1-10H,11-12H2. The third kappa shape index (κ3) is 4.99. The highest BCUT2D eigenvalue weighted by atomic mass is 16.6. The molecule has 0 saturated carbocycles. The van der Waals surface area contributed by atoms with Gasteiger partial charge in [-0.25, -0.2) is 9.59 Å². The number of hydrogen-bond acceptors (Lipinski definition) is 5. The molecule has 1 heterocycles. The Morgan fingerprint density at radius 3 is 2.48 bits per heavy atom. The first-order valence-corrected chi connectivity index (χ1v) is 6.36. The summed E-state index contributed by atoms with van der Waals surface area (Å²) < 4.78 is 14.9. The van der Waals surface area contributed by atoms with Crippen molar-refractivity contribution < 1.29 is 23.5 Å². The molecule has 0 N–H and O–H groups in total. The van der Waals surface area contributed by atoms with E-state index in [9.17, 15) is 9.59 Å². The minimum atomic E-state index is -0.526. The van der Waals surface area contributed by atoms with E-state index in [1.54, 1.807) is 36.4 Å². The topological polar surface area (TPSA) is 65.7 Å². The summed E-state index contributed by atoms with van der Waals surface area (Å²) in [7, 11) is 0. The van der Waals surface area contributed by atoms with Crippen molar-refractivity contribution in [2.24, 2.45) is 0 Å². The van der Waals surface area contributed by atoms with Crippen molar-refractivity contribution in [2.75, 3.05) is 13.2 Å². The van der Waals surface area contributed by atoms with Gasteiger partial charge in [0.1, 0.15) is 19.0 Å². The fourth-order valence-electron chi connectivity index (χ4n) is 1.52. The van der Waals surface area contributed by atoms with E-state index in [0.29, 0.717) is 11.3 Å². The molecular formula is C16H14O5. The molecule has 0 fully saturated rings. The maximum atomic E-state index is 11.6. The second-order valence-corrected chi connectivity index (χ2v) is 4.02. The van der Waals surface area contributed by atoms with Crippen LogP contribution in [0.15, 0.2) is 59.2 Å². The maximum absolute atomic E-state index is 11.6. The van der Waals surface area contributed by atoms with Crippen LogP contribution in [0.4, 0.5) is 0 Å². The normalized spacial score (nSPS) is 10.5. The summed E-state index contributed by atoms with van der Waals surface area (Å²) in [6.45, 7) is 0.00790. The van der Waals surface area contributed by atoms with E-state index in [1.807, 2.05) is 6.07 Å². The second-order valence-electron chi connectivity index (χ2n) is 4.02. The number of carbonyl (C=O) groups is 2. The predicted molar refractivity (Wildman–Crippen MR) is 75.4 cm³/mol. The van der Waals surface area contributed by atoms with Crippen LogP contribution in [-0.4, -0.2) is 25.2 Å². The highest BCUT2D eigenvalue weighted by molar-refractivity contribution is 5.89. The Bertz CT molecular complexity index is 599. The molecule has 108 valence electrons. The fraction of sp³-hybridized carbons (Fsp3) is 0.125. The Balaban J connectivity index is 1.65. The van der Waals surface area contributed by atoms with Gasteiger partial charge in [-0.15, -0.1) is 0 Å². The second kappa shape index (κ2) is 7.69. The first kappa shape index (κ1) is 14.6. The quantitative estimate of drug-likeness (QED) is 0.464. The number of benzene rings is 1. The van der Waals surface area contributed by atoms with Gasteiger partial charge in [0.15, 0.2) is 0 Å². The average Bonchev–Trinajstić information content (AvgIpc) is 3.03. The molecule has 21 heavy (non-hydrogen) atoms. The van der Waals surface area contributed by atoms with Gasteiger partial charge in [0.25, 0.3) is 0 Å². The van der Waals surface area contributed by atoms with Crippen LogP contribution < -0.4 is 0 Å². The van der Waals surface area contributed by atoms with Crippen LogP contribution in [0.25, 0.3) is 6.08 Å². The molecule has 0 atom stereocenters. The molecule has 1 aromatic heterocycles. The molecule has 5 heteroatoms. The highest BCUT2D eigenvalue weighted by Gasteiger charge is 2.06. The van der Waals surface area contributed by atoms with E-state index in [0.717, 1.165) is 0 Å². The molecule has 2 rings (SSSR count). The average molecular weight is 286 g/mol. The Morgan fingerprint density at radius 2 is 1.76 bits per heavy atom. The van der Waals surface area contributed by atoms with Crippen molar-refractivity contribution in [1.82, 2.24) is 0 Å². The van der Waals surface area contributed by atoms with Gasteiger partial charge in [-0.05, 0) is 30.3 Å². The van der Waals surface area contributed by atoms with Crippen molar-refractivity contribution >= 4 is 18.0 Å². The minimum absolute atomic E-state index is 0.0000976. The van der Waals surface area contributed by atoms with Gasteiger partial charge in [-0.3, -0.25) is 0 Å². The third-order valence-electron chi connectivity index (χ3n) is 2.50. The summed E-state index contributed by atoms with van der Waals surface area (Å²) in [5, 5.41) is 0. The summed E-state index contributed by atoms with van der Waals surface area (Å²) >= 11 is 0. The van der Waals surface area contributed by atoms with Gasteiger partial charge >= 0.3 is 11.9 Å². The zero-order chi connectivity index (χ0) is 14.9. The monoisotopic (exact) mass is 286 g/mol. The molecule has 1 aromatic carbocycles. The lowest BCUT2D eigenvalue weighted by Crippen LogP contribution is -2.12. The number of hydrogen-bond donors (Lipinski definition) is 0. The smallest absolute Gasteiger partial charge is 0.338 e. The summed E-state index contributed by atoms with van der Waals surface area (Å²) in [6.07, 6.45) is 4.25. The molecule has 0 bridgehead atoms. The summed E-state index contributed by atoms with van der Waals surface area (Å²) in [6, 6.07) is 12.0. The number of ether oxygens (including phenoxy) is 2. The molecule has 0 aliphatic rings. The first-order valence-electron chi connectivity index (χ1n) is 6.36. The molecule has 0 saturated heterocycles. The van der Waals surface area contributed by atoms with Gasteiger partial charge in [-0.2, -0.15) is 0 Å². The van der Waals surface area contributed by atoms with Gasteiger partial charge in [-0.1, -0.05) is 18.2 Å². The lowest BCUT2D eigenvalue weighted by Gasteiger charge is -2.04. The Labute approximate surface area is 121 Å². The van der Waals surface area contributed by atoms with Crippen molar-refractivity contribution in [3.8, 4) is 0 Å². The largest absolute Gasteiger partial charge is 0.465 e.